The highest BCUT2D eigenvalue weighted by Gasteiger charge is 2.38. The molecule has 1 aromatic carbocycles. The Balaban J connectivity index is 1.90. The van der Waals surface area contributed by atoms with Gasteiger partial charge in [0.05, 0.1) is 5.69 Å². The fraction of sp³-hybridized carbons (Fsp3) is 0.238. The minimum absolute atomic E-state index is 0.320. The Morgan fingerprint density at radius 2 is 1.92 bits per heavy atom. The van der Waals surface area contributed by atoms with Gasteiger partial charge in [-0.05, 0) is 42.7 Å². The van der Waals surface area contributed by atoms with E-state index in [2.05, 4.69) is 48.9 Å². The van der Waals surface area contributed by atoms with Gasteiger partial charge in [-0.2, -0.15) is 0 Å². The molecule has 1 aliphatic heterocycles. The third-order valence-electron chi connectivity index (χ3n) is 5.30. The van der Waals surface area contributed by atoms with Crippen molar-refractivity contribution < 1.29 is 4.74 Å². The van der Waals surface area contributed by atoms with Gasteiger partial charge in [-0.15, -0.1) is 0 Å². The molecular weight excluding hydrogens is 296 g/mol. The molecule has 0 saturated heterocycles. The van der Waals surface area contributed by atoms with Crippen molar-refractivity contribution in [2.24, 2.45) is 0 Å². The van der Waals surface area contributed by atoms with E-state index in [1.54, 1.807) is 6.20 Å². The Morgan fingerprint density at radius 3 is 2.79 bits per heavy atom. The number of aromatic nitrogens is 2. The van der Waals surface area contributed by atoms with Gasteiger partial charge < -0.3 is 4.74 Å². The van der Waals surface area contributed by atoms with E-state index in [9.17, 15) is 0 Å². The molecule has 0 fully saturated rings. The van der Waals surface area contributed by atoms with E-state index in [1.807, 2.05) is 24.5 Å². The van der Waals surface area contributed by atoms with Crippen LogP contribution >= 0.6 is 0 Å². The summed E-state index contributed by atoms with van der Waals surface area (Å²) in [6.45, 7) is 6.53. The number of pyridine rings is 2. The number of benzene rings is 1. The van der Waals surface area contributed by atoms with Gasteiger partial charge in [-0.3, -0.25) is 9.97 Å². The van der Waals surface area contributed by atoms with Crippen molar-refractivity contribution in [2.45, 2.75) is 32.3 Å². The maximum atomic E-state index is 6.26. The maximum Gasteiger partial charge on any atom is 0.131 e. The summed E-state index contributed by atoms with van der Waals surface area (Å²) in [5.74, 6) is 1.23. The van der Waals surface area contributed by atoms with Crippen LogP contribution in [0.1, 0.15) is 43.4 Å². The second-order valence-corrected chi connectivity index (χ2v) is 7.10. The quantitative estimate of drug-likeness (QED) is 0.592. The number of hydrogen-bond acceptors (Lipinski definition) is 3. The van der Waals surface area contributed by atoms with Gasteiger partial charge in [0.2, 0.25) is 0 Å². The van der Waals surface area contributed by atoms with E-state index >= 15 is 0 Å². The number of rotatable bonds is 0. The average molecular weight is 314 g/mol. The summed E-state index contributed by atoms with van der Waals surface area (Å²) in [6, 6.07) is 10.6. The van der Waals surface area contributed by atoms with E-state index in [0.717, 1.165) is 17.0 Å². The highest BCUT2D eigenvalue weighted by Crippen LogP contribution is 2.54. The lowest BCUT2D eigenvalue weighted by Gasteiger charge is -2.36. The van der Waals surface area contributed by atoms with Gasteiger partial charge in [0, 0.05) is 41.2 Å². The number of fused-ring (bicyclic) bond motifs is 7. The SMILES string of the molecule is CC1c2cccnc2-c2ccc3c(c21)-c1cnccc1OC3(C)C. The molecule has 2 aliphatic rings. The Hall–Kier alpha value is -2.68. The van der Waals surface area contributed by atoms with E-state index < -0.39 is 0 Å². The first-order valence-corrected chi connectivity index (χ1v) is 8.34. The van der Waals surface area contributed by atoms with Gasteiger partial charge in [0.25, 0.3) is 0 Å². The molecular formula is C21H18N2O. The maximum absolute atomic E-state index is 6.26. The van der Waals surface area contributed by atoms with Crippen LogP contribution < -0.4 is 4.74 Å². The van der Waals surface area contributed by atoms with Gasteiger partial charge in [0.1, 0.15) is 11.4 Å². The van der Waals surface area contributed by atoms with Crippen LogP contribution in [0.4, 0.5) is 0 Å². The third kappa shape index (κ3) is 1.62. The van der Waals surface area contributed by atoms with E-state index in [-0.39, 0.29) is 5.60 Å². The van der Waals surface area contributed by atoms with Crippen molar-refractivity contribution in [3.8, 4) is 28.1 Å². The van der Waals surface area contributed by atoms with Gasteiger partial charge in [0.15, 0.2) is 0 Å². The van der Waals surface area contributed by atoms with Crippen LogP contribution in [0.3, 0.4) is 0 Å². The molecule has 24 heavy (non-hydrogen) atoms. The second-order valence-electron chi connectivity index (χ2n) is 7.10. The summed E-state index contributed by atoms with van der Waals surface area (Å²) >= 11 is 0. The first-order valence-electron chi connectivity index (χ1n) is 8.34. The van der Waals surface area contributed by atoms with Crippen molar-refractivity contribution in [3.63, 3.8) is 0 Å². The Bertz CT molecular complexity index is 991. The Labute approximate surface area is 141 Å². The summed E-state index contributed by atoms with van der Waals surface area (Å²) in [7, 11) is 0. The minimum Gasteiger partial charge on any atom is -0.482 e. The minimum atomic E-state index is -0.360. The molecule has 2 aromatic heterocycles. The molecule has 0 N–H and O–H groups in total. The molecule has 0 radical (unpaired) electrons. The van der Waals surface area contributed by atoms with Crippen LogP contribution in [-0.4, -0.2) is 9.97 Å². The summed E-state index contributed by atoms with van der Waals surface area (Å²) in [6.07, 6.45) is 5.60. The highest BCUT2D eigenvalue weighted by atomic mass is 16.5. The molecule has 0 bridgehead atoms. The van der Waals surface area contributed by atoms with Gasteiger partial charge in [-0.1, -0.05) is 25.1 Å². The molecule has 1 unspecified atom stereocenters. The normalized spacial score (nSPS) is 18.9. The molecule has 118 valence electrons. The zero-order valence-electron chi connectivity index (χ0n) is 14.0. The van der Waals surface area contributed by atoms with Crippen LogP contribution in [0.5, 0.6) is 5.75 Å². The second kappa shape index (κ2) is 4.44. The topological polar surface area (TPSA) is 35.0 Å². The molecule has 3 aromatic rings. The smallest absolute Gasteiger partial charge is 0.131 e. The molecule has 0 saturated carbocycles. The van der Waals surface area contributed by atoms with Gasteiger partial charge in [-0.25, -0.2) is 0 Å². The number of hydrogen-bond donors (Lipinski definition) is 0. The van der Waals surface area contributed by atoms with Crippen LogP contribution in [0.15, 0.2) is 48.9 Å². The number of nitrogens with zero attached hydrogens (tertiary/aromatic N) is 2. The largest absolute Gasteiger partial charge is 0.482 e. The fourth-order valence-electron chi connectivity index (χ4n) is 4.20. The third-order valence-corrected chi connectivity index (χ3v) is 5.30. The Morgan fingerprint density at radius 1 is 1.04 bits per heavy atom. The zero-order chi connectivity index (χ0) is 16.5. The molecule has 5 rings (SSSR count). The predicted molar refractivity (Wildman–Crippen MR) is 94.1 cm³/mol. The lowest BCUT2D eigenvalue weighted by atomic mass is 9.80. The van der Waals surface area contributed by atoms with Crippen molar-refractivity contribution in [2.75, 3.05) is 0 Å². The highest BCUT2D eigenvalue weighted by molar-refractivity contribution is 5.89. The fourth-order valence-corrected chi connectivity index (χ4v) is 4.20. The van der Waals surface area contributed by atoms with E-state index in [4.69, 9.17) is 4.74 Å². The zero-order valence-corrected chi connectivity index (χ0v) is 14.0. The van der Waals surface area contributed by atoms with Crippen LogP contribution in [0.2, 0.25) is 0 Å². The summed E-state index contributed by atoms with van der Waals surface area (Å²) < 4.78 is 6.26. The monoisotopic (exact) mass is 314 g/mol. The van der Waals surface area contributed by atoms with E-state index in [0.29, 0.717) is 5.92 Å². The molecule has 0 amide bonds. The summed E-state index contributed by atoms with van der Waals surface area (Å²) in [4.78, 5) is 8.99. The lowest BCUT2D eigenvalue weighted by Crippen LogP contribution is -2.30. The number of ether oxygens (including phenoxy) is 1. The van der Waals surface area contributed by atoms with Crippen molar-refractivity contribution >= 4 is 0 Å². The summed E-state index contributed by atoms with van der Waals surface area (Å²) in [5.41, 5.74) is 8.23. The molecule has 1 atom stereocenters. The molecule has 3 heteroatoms. The predicted octanol–water partition coefficient (Wildman–Crippen LogP) is 4.90. The molecule has 3 nitrogen and oxygen atoms in total. The summed E-state index contributed by atoms with van der Waals surface area (Å²) in [5, 5.41) is 0. The lowest BCUT2D eigenvalue weighted by molar-refractivity contribution is 0.105. The molecule has 0 spiro atoms. The average Bonchev–Trinajstić information content (AvgIpc) is 2.88. The first-order chi connectivity index (χ1) is 11.6. The van der Waals surface area contributed by atoms with E-state index in [1.165, 1.54) is 27.8 Å². The Kier molecular flexibility index (Phi) is 2.54. The van der Waals surface area contributed by atoms with Gasteiger partial charge >= 0.3 is 0 Å². The van der Waals surface area contributed by atoms with Crippen LogP contribution in [0.25, 0.3) is 22.4 Å². The van der Waals surface area contributed by atoms with Crippen molar-refractivity contribution in [1.82, 2.24) is 9.97 Å². The van der Waals surface area contributed by atoms with Crippen molar-refractivity contribution in [3.05, 3.63) is 65.6 Å². The van der Waals surface area contributed by atoms with Crippen LogP contribution in [-0.2, 0) is 5.60 Å². The standard InChI is InChI=1S/C21H18N2O/c1-12-13-5-4-9-23-20(13)14-6-7-16-19(18(12)14)15-11-22-10-8-17(15)24-21(16,2)3/h4-12H,1-3H3. The molecule has 3 heterocycles. The first kappa shape index (κ1) is 13.7. The molecule has 1 aliphatic carbocycles. The van der Waals surface area contributed by atoms with Crippen LogP contribution in [0, 0.1) is 0 Å². The van der Waals surface area contributed by atoms with Crippen molar-refractivity contribution in [1.29, 1.82) is 0 Å².